The van der Waals surface area contributed by atoms with E-state index in [0.29, 0.717) is 0 Å². The Morgan fingerprint density at radius 1 is 1.00 bits per heavy atom. The van der Waals surface area contributed by atoms with E-state index in [1.807, 2.05) is 18.2 Å². The predicted molar refractivity (Wildman–Crippen MR) is 86.7 cm³/mol. The highest BCUT2D eigenvalue weighted by Gasteiger charge is 2.13. The number of thiophene rings is 1. The highest BCUT2D eigenvalue weighted by molar-refractivity contribution is 9.10. The maximum atomic E-state index is 13.2. The molecule has 0 nitrogen and oxygen atoms in total. The molecule has 1 aromatic heterocycles. The molecule has 0 amide bonds. The van der Waals surface area contributed by atoms with Crippen LogP contribution in [0.3, 0.4) is 0 Å². The molecule has 0 aliphatic rings. The van der Waals surface area contributed by atoms with Crippen molar-refractivity contribution in [1.82, 2.24) is 0 Å². The second-order valence-electron chi connectivity index (χ2n) is 4.25. The van der Waals surface area contributed by atoms with Crippen molar-refractivity contribution in [2.45, 2.75) is 4.83 Å². The van der Waals surface area contributed by atoms with Crippen molar-refractivity contribution in [1.29, 1.82) is 0 Å². The molecule has 0 radical (unpaired) electrons. The maximum absolute atomic E-state index is 13.2. The van der Waals surface area contributed by atoms with Gasteiger partial charge in [-0.05, 0) is 41.3 Å². The van der Waals surface area contributed by atoms with E-state index in [1.165, 1.54) is 16.5 Å². The third-order valence-electron chi connectivity index (χ3n) is 2.91. The Morgan fingerprint density at radius 3 is 2.47 bits per heavy atom. The number of fused-ring (bicyclic) bond motifs is 1. The molecule has 0 saturated carbocycles. The number of alkyl halides is 1. The molecule has 0 saturated heterocycles. The molecule has 0 bridgehead atoms. The first kappa shape index (κ1) is 13.3. The van der Waals surface area contributed by atoms with Crippen molar-refractivity contribution in [3.63, 3.8) is 0 Å². The molecule has 4 heteroatoms. The number of hydrogen-bond acceptors (Lipinski definition) is 1. The lowest BCUT2D eigenvalue weighted by Crippen LogP contribution is -1.88. The Hall–Kier alpha value is -0.710. The summed E-state index contributed by atoms with van der Waals surface area (Å²) in [6.07, 6.45) is 0. The molecule has 0 spiro atoms. The zero-order chi connectivity index (χ0) is 13.4. The average molecular weight is 400 g/mol. The smallest absolute Gasteiger partial charge is 0.124 e. The maximum Gasteiger partial charge on any atom is 0.124 e. The monoisotopic (exact) mass is 398 g/mol. The van der Waals surface area contributed by atoms with Crippen LogP contribution in [0.4, 0.5) is 4.39 Å². The van der Waals surface area contributed by atoms with Crippen molar-refractivity contribution < 1.29 is 4.39 Å². The van der Waals surface area contributed by atoms with Gasteiger partial charge in [-0.2, -0.15) is 0 Å². The average Bonchev–Trinajstić information content (AvgIpc) is 2.81. The summed E-state index contributed by atoms with van der Waals surface area (Å²) in [5.74, 6) is -0.185. The summed E-state index contributed by atoms with van der Waals surface area (Å²) in [6.45, 7) is 0. The number of hydrogen-bond donors (Lipinski definition) is 0. The van der Waals surface area contributed by atoms with E-state index >= 15 is 0 Å². The normalized spacial score (nSPS) is 12.8. The SMILES string of the molecule is Fc1ccc2cc(C(Br)c3ccc(Br)cc3)sc2c1. The molecule has 2 aromatic carbocycles. The van der Waals surface area contributed by atoms with E-state index < -0.39 is 0 Å². The van der Waals surface area contributed by atoms with Gasteiger partial charge < -0.3 is 0 Å². The Labute approximate surface area is 131 Å². The largest absolute Gasteiger partial charge is 0.207 e. The van der Waals surface area contributed by atoms with Gasteiger partial charge in [0.15, 0.2) is 0 Å². The lowest BCUT2D eigenvalue weighted by atomic mass is 10.1. The molecule has 1 atom stereocenters. The van der Waals surface area contributed by atoms with E-state index in [2.05, 4.69) is 50.1 Å². The standard InChI is InChI=1S/C15H9Br2FS/c16-11-4-1-9(2-5-11)15(17)14-7-10-3-6-12(18)8-13(10)19-14/h1-8,15H. The summed E-state index contributed by atoms with van der Waals surface area (Å²) in [5, 5.41) is 1.09. The van der Waals surface area contributed by atoms with Gasteiger partial charge in [0.2, 0.25) is 0 Å². The summed E-state index contributed by atoms with van der Waals surface area (Å²) in [6, 6.07) is 15.2. The molecule has 96 valence electrons. The highest BCUT2D eigenvalue weighted by Crippen LogP contribution is 2.38. The molecule has 1 unspecified atom stereocenters. The molecule has 0 fully saturated rings. The lowest BCUT2D eigenvalue weighted by Gasteiger charge is -2.07. The Balaban J connectivity index is 2.01. The summed E-state index contributed by atoms with van der Waals surface area (Å²) in [7, 11) is 0. The minimum atomic E-state index is -0.185. The van der Waals surface area contributed by atoms with Gasteiger partial charge in [-0.1, -0.05) is 50.1 Å². The van der Waals surface area contributed by atoms with Crippen LogP contribution in [0.2, 0.25) is 0 Å². The third-order valence-corrected chi connectivity index (χ3v) is 5.93. The first-order chi connectivity index (χ1) is 9.13. The van der Waals surface area contributed by atoms with E-state index in [9.17, 15) is 4.39 Å². The quantitative estimate of drug-likeness (QED) is 0.444. The molecular weight excluding hydrogens is 391 g/mol. The summed E-state index contributed by atoms with van der Waals surface area (Å²) in [5.41, 5.74) is 1.19. The zero-order valence-electron chi connectivity index (χ0n) is 9.74. The molecule has 19 heavy (non-hydrogen) atoms. The molecule has 3 aromatic rings. The van der Waals surface area contributed by atoms with Crippen molar-refractivity contribution in [2.75, 3.05) is 0 Å². The minimum absolute atomic E-state index is 0.140. The summed E-state index contributed by atoms with van der Waals surface area (Å²) < 4.78 is 15.3. The van der Waals surface area contributed by atoms with Crippen LogP contribution < -0.4 is 0 Å². The first-order valence-corrected chi connectivity index (χ1v) is 8.24. The fraction of sp³-hybridized carbons (Fsp3) is 0.0667. The van der Waals surface area contributed by atoms with Crippen molar-refractivity contribution in [3.05, 3.63) is 69.3 Å². The van der Waals surface area contributed by atoms with Crippen LogP contribution in [0.1, 0.15) is 15.3 Å². The van der Waals surface area contributed by atoms with E-state index in [1.54, 1.807) is 17.4 Å². The van der Waals surface area contributed by atoms with Crippen molar-refractivity contribution in [2.24, 2.45) is 0 Å². The van der Waals surface area contributed by atoms with Crippen LogP contribution in [-0.4, -0.2) is 0 Å². The van der Waals surface area contributed by atoms with E-state index in [0.717, 1.165) is 14.6 Å². The summed E-state index contributed by atoms with van der Waals surface area (Å²) >= 11 is 8.77. The van der Waals surface area contributed by atoms with Gasteiger partial charge in [-0.25, -0.2) is 4.39 Å². The van der Waals surface area contributed by atoms with Gasteiger partial charge in [-0.3, -0.25) is 0 Å². The zero-order valence-corrected chi connectivity index (χ0v) is 13.7. The summed E-state index contributed by atoms with van der Waals surface area (Å²) in [4.78, 5) is 1.32. The molecule has 3 rings (SSSR count). The second-order valence-corrected chi connectivity index (χ2v) is 7.19. The van der Waals surface area contributed by atoms with Crippen molar-refractivity contribution in [3.8, 4) is 0 Å². The van der Waals surface area contributed by atoms with Crippen LogP contribution in [0.25, 0.3) is 10.1 Å². The van der Waals surface area contributed by atoms with Gasteiger partial charge in [0, 0.05) is 14.0 Å². The Kier molecular flexibility index (Phi) is 3.74. The van der Waals surface area contributed by atoms with E-state index in [-0.39, 0.29) is 10.6 Å². The lowest BCUT2D eigenvalue weighted by molar-refractivity contribution is 0.630. The topological polar surface area (TPSA) is 0 Å². The Morgan fingerprint density at radius 2 is 1.74 bits per heavy atom. The number of benzene rings is 2. The predicted octanol–water partition coefficient (Wildman–Crippen LogP) is 6.29. The molecule has 0 aliphatic carbocycles. The van der Waals surface area contributed by atoms with Gasteiger partial charge in [0.05, 0.1) is 4.83 Å². The van der Waals surface area contributed by atoms with Crippen LogP contribution >= 0.6 is 43.2 Å². The van der Waals surface area contributed by atoms with Crippen LogP contribution in [-0.2, 0) is 0 Å². The molecule has 0 aliphatic heterocycles. The number of halogens is 3. The first-order valence-electron chi connectivity index (χ1n) is 5.72. The molecule has 0 N–H and O–H groups in total. The van der Waals surface area contributed by atoms with E-state index in [4.69, 9.17) is 0 Å². The van der Waals surface area contributed by atoms with Crippen molar-refractivity contribution >= 4 is 53.3 Å². The molecular formula is C15H9Br2FS. The minimum Gasteiger partial charge on any atom is -0.207 e. The van der Waals surface area contributed by atoms with Gasteiger partial charge in [-0.15, -0.1) is 11.3 Å². The fourth-order valence-electron chi connectivity index (χ4n) is 1.95. The van der Waals surface area contributed by atoms with Crippen LogP contribution in [0.15, 0.2) is 53.0 Å². The Bertz CT molecular complexity index is 719. The van der Waals surface area contributed by atoms with Gasteiger partial charge >= 0.3 is 0 Å². The second kappa shape index (κ2) is 5.35. The van der Waals surface area contributed by atoms with Crippen LogP contribution in [0.5, 0.6) is 0 Å². The molecule has 1 heterocycles. The highest BCUT2D eigenvalue weighted by atomic mass is 79.9. The number of rotatable bonds is 2. The fourth-order valence-corrected chi connectivity index (χ4v) is 4.02. The van der Waals surface area contributed by atoms with Crippen LogP contribution in [0, 0.1) is 5.82 Å². The van der Waals surface area contributed by atoms with Gasteiger partial charge in [0.25, 0.3) is 0 Å². The van der Waals surface area contributed by atoms with Gasteiger partial charge in [0.1, 0.15) is 5.82 Å². The third kappa shape index (κ3) is 2.76.